The van der Waals surface area contributed by atoms with Gasteiger partial charge in [0.25, 0.3) is 0 Å². The molecule has 0 amide bonds. The molecule has 4 rings (SSSR count). The minimum Gasteiger partial charge on any atom is -0.483 e. The molecule has 144 valence electrons. The molecule has 0 spiro atoms. The van der Waals surface area contributed by atoms with Crippen molar-refractivity contribution in [2.45, 2.75) is 20.0 Å². The standard InChI is InChI=1S/C25H21NO3/c1-16-23(21-10-6-7-11-22(21)26-16)24(27)17(2)29-20-14-12-19(13-15-20)25(28)18-8-4-3-5-9-18/h3-15,17,26H,1-2H3/t17-/m1/s1. The lowest BCUT2D eigenvalue weighted by atomic mass is 10.0. The molecule has 0 aliphatic rings. The number of carbonyl (C=O) groups is 2. The van der Waals surface area contributed by atoms with E-state index in [9.17, 15) is 9.59 Å². The van der Waals surface area contributed by atoms with E-state index in [4.69, 9.17) is 4.74 Å². The molecule has 0 bridgehead atoms. The van der Waals surface area contributed by atoms with Gasteiger partial charge in [0.2, 0.25) is 5.78 Å². The molecular weight excluding hydrogens is 362 g/mol. The van der Waals surface area contributed by atoms with Crippen LogP contribution < -0.4 is 4.74 Å². The van der Waals surface area contributed by atoms with Crippen molar-refractivity contribution < 1.29 is 14.3 Å². The molecule has 4 aromatic rings. The summed E-state index contributed by atoms with van der Waals surface area (Å²) in [6, 6.07) is 23.8. The first-order valence-corrected chi connectivity index (χ1v) is 9.52. The smallest absolute Gasteiger partial charge is 0.205 e. The second-order valence-electron chi connectivity index (χ2n) is 7.01. The van der Waals surface area contributed by atoms with Crippen molar-refractivity contribution in [1.29, 1.82) is 0 Å². The van der Waals surface area contributed by atoms with Crippen molar-refractivity contribution >= 4 is 22.5 Å². The number of aromatic nitrogens is 1. The SMILES string of the molecule is Cc1[nH]c2ccccc2c1C(=O)[C@@H](C)Oc1ccc(C(=O)c2ccccc2)cc1. The number of rotatable bonds is 6. The lowest BCUT2D eigenvalue weighted by Crippen LogP contribution is -2.24. The summed E-state index contributed by atoms with van der Waals surface area (Å²) < 4.78 is 5.87. The average molecular weight is 383 g/mol. The van der Waals surface area contributed by atoms with Crippen LogP contribution in [0, 0.1) is 6.92 Å². The van der Waals surface area contributed by atoms with Crippen LogP contribution >= 0.6 is 0 Å². The molecule has 1 N–H and O–H groups in total. The summed E-state index contributed by atoms with van der Waals surface area (Å²) in [5.74, 6) is 0.424. The lowest BCUT2D eigenvalue weighted by molar-refractivity contribution is 0.0819. The Bertz CT molecular complexity index is 1170. The fraction of sp³-hybridized carbons (Fsp3) is 0.120. The Hall–Kier alpha value is -3.66. The maximum Gasteiger partial charge on any atom is 0.205 e. The van der Waals surface area contributed by atoms with E-state index in [0.717, 1.165) is 16.6 Å². The van der Waals surface area contributed by atoms with Gasteiger partial charge in [0.15, 0.2) is 11.9 Å². The maximum absolute atomic E-state index is 13.0. The number of carbonyl (C=O) groups excluding carboxylic acids is 2. The van der Waals surface area contributed by atoms with Gasteiger partial charge in [-0.05, 0) is 44.2 Å². The van der Waals surface area contributed by atoms with Crippen LogP contribution in [0.2, 0.25) is 0 Å². The Morgan fingerprint density at radius 2 is 1.45 bits per heavy atom. The molecule has 0 aliphatic heterocycles. The molecule has 29 heavy (non-hydrogen) atoms. The molecule has 4 nitrogen and oxygen atoms in total. The summed E-state index contributed by atoms with van der Waals surface area (Å²) in [7, 11) is 0. The number of benzene rings is 3. The average Bonchev–Trinajstić information content (AvgIpc) is 3.09. The summed E-state index contributed by atoms with van der Waals surface area (Å²) >= 11 is 0. The highest BCUT2D eigenvalue weighted by Gasteiger charge is 2.23. The van der Waals surface area contributed by atoms with E-state index in [1.54, 1.807) is 43.3 Å². The number of hydrogen-bond acceptors (Lipinski definition) is 3. The maximum atomic E-state index is 13.0. The van der Waals surface area contributed by atoms with Gasteiger partial charge in [0, 0.05) is 33.3 Å². The summed E-state index contributed by atoms with van der Waals surface area (Å²) in [5.41, 5.74) is 3.64. The van der Waals surface area contributed by atoms with Crippen LogP contribution in [0.3, 0.4) is 0 Å². The highest BCUT2D eigenvalue weighted by Crippen LogP contribution is 2.25. The van der Waals surface area contributed by atoms with Gasteiger partial charge < -0.3 is 9.72 Å². The fourth-order valence-electron chi connectivity index (χ4n) is 3.50. The van der Waals surface area contributed by atoms with E-state index < -0.39 is 6.10 Å². The summed E-state index contributed by atoms with van der Waals surface area (Å²) in [6.07, 6.45) is -0.649. The Morgan fingerprint density at radius 3 is 2.17 bits per heavy atom. The van der Waals surface area contributed by atoms with Gasteiger partial charge in [-0.2, -0.15) is 0 Å². The highest BCUT2D eigenvalue weighted by atomic mass is 16.5. The van der Waals surface area contributed by atoms with E-state index in [-0.39, 0.29) is 11.6 Å². The molecule has 0 fully saturated rings. The molecule has 4 heteroatoms. The second-order valence-corrected chi connectivity index (χ2v) is 7.01. The number of H-pyrrole nitrogens is 1. The molecule has 0 radical (unpaired) electrons. The van der Waals surface area contributed by atoms with Crippen LogP contribution in [-0.4, -0.2) is 22.7 Å². The van der Waals surface area contributed by atoms with Crippen LogP contribution in [0.5, 0.6) is 5.75 Å². The number of aryl methyl sites for hydroxylation is 1. The number of aromatic amines is 1. The first kappa shape index (κ1) is 18.7. The van der Waals surface area contributed by atoms with Gasteiger partial charge in [0.1, 0.15) is 5.75 Å². The lowest BCUT2D eigenvalue weighted by Gasteiger charge is -2.14. The zero-order valence-corrected chi connectivity index (χ0v) is 16.3. The van der Waals surface area contributed by atoms with Gasteiger partial charge >= 0.3 is 0 Å². The predicted molar refractivity (Wildman–Crippen MR) is 114 cm³/mol. The molecular formula is C25H21NO3. The Morgan fingerprint density at radius 1 is 0.828 bits per heavy atom. The molecule has 1 heterocycles. The topological polar surface area (TPSA) is 59.2 Å². The van der Waals surface area contributed by atoms with Gasteiger partial charge in [-0.15, -0.1) is 0 Å². The first-order chi connectivity index (χ1) is 14.0. The Labute approximate surface area is 169 Å². The summed E-state index contributed by atoms with van der Waals surface area (Å²) in [6.45, 7) is 3.64. The first-order valence-electron chi connectivity index (χ1n) is 9.52. The zero-order chi connectivity index (χ0) is 20.4. The largest absolute Gasteiger partial charge is 0.483 e. The number of hydrogen-bond donors (Lipinski definition) is 1. The number of ketones is 2. The summed E-state index contributed by atoms with van der Waals surface area (Å²) in [5, 5.41) is 0.897. The van der Waals surface area contributed by atoms with Gasteiger partial charge in [0.05, 0.1) is 0 Å². The van der Waals surface area contributed by atoms with Crippen LogP contribution in [0.1, 0.15) is 38.9 Å². The minimum absolute atomic E-state index is 0.0457. The Balaban J connectivity index is 1.51. The Kier molecular flexibility index (Phi) is 5.00. The van der Waals surface area contributed by atoms with Crippen LogP contribution in [-0.2, 0) is 0 Å². The third-order valence-corrected chi connectivity index (χ3v) is 4.97. The van der Waals surface area contributed by atoms with Crippen molar-refractivity contribution in [3.63, 3.8) is 0 Å². The number of nitrogens with one attached hydrogen (secondary N) is 1. The van der Waals surface area contributed by atoms with E-state index in [0.29, 0.717) is 22.4 Å². The van der Waals surface area contributed by atoms with Gasteiger partial charge in [-0.3, -0.25) is 9.59 Å². The molecule has 0 unspecified atom stereocenters. The molecule has 0 aliphatic carbocycles. The van der Waals surface area contributed by atoms with Crippen LogP contribution in [0.15, 0.2) is 78.9 Å². The van der Waals surface area contributed by atoms with Crippen LogP contribution in [0.4, 0.5) is 0 Å². The number of para-hydroxylation sites is 1. The van der Waals surface area contributed by atoms with E-state index in [2.05, 4.69) is 4.98 Å². The van der Waals surface area contributed by atoms with Crippen molar-refractivity contribution in [2.24, 2.45) is 0 Å². The summed E-state index contributed by atoms with van der Waals surface area (Å²) in [4.78, 5) is 28.8. The van der Waals surface area contributed by atoms with Crippen molar-refractivity contribution in [2.75, 3.05) is 0 Å². The third kappa shape index (κ3) is 3.69. The van der Waals surface area contributed by atoms with Gasteiger partial charge in [-0.1, -0.05) is 48.5 Å². The zero-order valence-electron chi connectivity index (χ0n) is 16.3. The normalized spacial score (nSPS) is 11.9. The van der Waals surface area contributed by atoms with Crippen molar-refractivity contribution in [1.82, 2.24) is 4.98 Å². The number of fused-ring (bicyclic) bond motifs is 1. The molecule has 1 aromatic heterocycles. The number of ether oxygens (including phenoxy) is 1. The van der Waals surface area contributed by atoms with Crippen molar-refractivity contribution in [3.8, 4) is 5.75 Å². The van der Waals surface area contributed by atoms with E-state index in [1.165, 1.54) is 0 Å². The highest BCUT2D eigenvalue weighted by molar-refractivity contribution is 6.11. The molecule has 0 saturated carbocycles. The monoisotopic (exact) mass is 383 g/mol. The van der Waals surface area contributed by atoms with Crippen molar-refractivity contribution in [3.05, 3.63) is 101 Å². The molecule has 1 atom stereocenters. The number of Topliss-reactive ketones (excluding diaryl/α,β-unsaturated/α-hetero) is 1. The van der Waals surface area contributed by atoms with Crippen LogP contribution in [0.25, 0.3) is 10.9 Å². The third-order valence-electron chi connectivity index (χ3n) is 4.97. The van der Waals surface area contributed by atoms with Gasteiger partial charge in [-0.25, -0.2) is 0 Å². The minimum atomic E-state index is -0.649. The fourth-order valence-corrected chi connectivity index (χ4v) is 3.50. The quantitative estimate of drug-likeness (QED) is 0.456. The van der Waals surface area contributed by atoms with E-state index >= 15 is 0 Å². The van der Waals surface area contributed by atoms with E-state index in [1.807, 2.05) is 49.4 Å². The predicted octanol–water partition coefficient (Wildman–Crippen LogP) is 5.36. The molecule has 0 saturated heterocycles. The second kappa shape index (κ2) is 7.76. The molecule has 3 aromatic carbocycles.